The van der Waals surface area contributed by atoms with Gasteiger partial charge in [-0.15, -0.1) is 11.3 Å². The largest absolute Gasteiger partial charge is 0.331 e. The van der Waals surface area contributed by atoms with Crippen molar-refractivity contribution in [1.29, 1.82) is 5.26 Å². The van der Waals surface area contributed by atoms with E-state index in [1.54, 1.807) is 6.07 Å². The summed E-state index contributed by atoms with van der Waals surface area (Å²) in [6, 6.07) is 18.2. The van der Waals surface area contributed by atoms with Gasteiger partial charge in [-0.3, -0.25) is 4.79 Å². The van der Waals surface area contributed by atoms with Crippen molar-refractivity contribution in [2.75, 3.05) is 7.05 Å². The molecular formula is C24H24ClN3OS. The van der Waals surface area contributed by atoms with E-state index in [0.29, 0.717) is 28.0 Å². The third kappa shape index (κ3) is 4.22. The van der Waals surface area contributed by atoms with Gasteiger partial charge in [-0.25, -0.2) is 0 Å². The Bertz CT molecular complexity index is 1100. The van der Waals surface area contributed by atoms with Gasteiger partial charge >= 0.3 is 0 Å². The van der Waals surface area contributed by atoms with Crippen LogP contribution in [0.25, 0.3) is 10.1 Å². The quantitative estimate of drug-likeness (QED) is 0.565. The summed E-state index contributed by atoms with van der Waals surface area (Å²) in [4.78, 5) is 16.3. The van der Waals surface area contributed by atoms with Gasteiger partial charge in [0.25, 0.3) is 5.91 Å². The van der Waals surface area contributed by atoms with Crippen LogP contribution in [0.5, 0.6) is 0 Å². The number of amides is 1. The number of hydrogen-bond donors (Lipinski definition) is 1. The van der Waals surface area contributed by atoms with Gasteiger partial charge in [-0.2, -0.15) is 5.26 Å². The van der Waals surface area contributed by atoms with Crippen LogP contribution < -0.4 is 5.32 Å². The van der Waals surface area contributed by atoms with Crippen molar-refractivity contribution in [1.82, 2.24) is 10.2 Å². The SMILES string of the molecule is CNC1CCC(N(Cc2cccc(C#N)c2)C(=O)c2sc3ccccc3c2Cl)CC1. The maximum atomic E-state index is 13.7. The van der Waals surface area contributed by atoms with Gasteiger partial charge in [-0.1, -0.05) is 41.9 Å². The molecule has 2 aromatic carbocycles. The first-order valence-corrected chi connectivity index (χ1v) is 11.4. The van der Waals surface area contributed by atoms with E-state index in [4.69, 9.17) is 11.6 Å². The van der Waals surface area contributed by atoms with E-state index in [1.807, 2.05) is 54.4 Å². The number of nitrogens with zero attached hydrogens (tertiary/aromatic N) is 2. The van der Waals surface area contributed by atoms with Crippen molar-refractivity contribution < 1.29 is 4.79 Å². The number of fused-ring (bicyclic) bond motifs is 1. The first kappa shape index (κ1) is 20.9. The third-order valence-corrected chi connectivity index (χ3v) is 7.61. The second-order valence-electron chi connectivity index (χ2n) is 7.78. The van der Waals surface area contributed by atoms with Crippen LogP contribution in [0.2, 0.25) is 5.02 Å². The number of halogens is 1. The molecular weight excluding hydrogens is 414 g/mol. The summed E-state index contributed by atoms with van der Waals surface area (Å²) in [5.74, 6) is -0.0172. The number of rotatable bonds is 5. The number of carbonyl (C=O) groups is 1. The molecule has 0 spiro atoms. The van der Waals surface area contributed by atoms with E-state index in [-0.39, 0.29) is 11.9 Å². The molecule has 0 unspecified atom stereocenters. The Hall–Kier alpha value is -2.39. The molecule has 1 amide bonds. The van der Waals surface area contributed by atoms with Crippen LogP contribution in [0.15, 0.2) is 48.5 Å². The predicted octanol–water partition coefficient (Wildman–Crippen LogP) is 5.60. The molecule has 4 nitrogen and oxygen atoms in total. The van der Waals surface area contributed by atoms with E-state index in [1.165, 1.54) is 11.3 Å². The number of nitriles is 1. The van der Waals surface area contributed by atoms with Crippen LogP contribution in [0.3, 0.4) is 0 Å². The zero-order chi connectivity index (χ0) is 21.1. The number of benzene rings is 2. The van der Waals surface area contributed by atoms with Crippen molar-refractivity contribution in [3.63, 3.8) is 0 Å². The third-order valence-electron chi connectivity index (χ3n) is 5.94. The highest BCUT2D eigenvalue weighted by atomic mass is 35.5. The lowest BCUT2D eigenvalue weighted by atomic mass is 9.89. The zero-order valence-electron chi connectivity index (χ0n) is 16.9. The Balaban J connectivity index is 1.67. The van der Waals surface area contributed by atoms with Gasteiger partial charge < -0.3 is 10.2 Å². The molecule has 0 atom stereocenters. The average molecular weight is 438 g/mol. The monoisotopic (exact) mass is 437 g/mol. The number of nitrogens with one attached hydrogen (secondary N) is 1. The molecule has 3 aromatic rings. The minimum atomic E-state index is -0.0172. The molecule has 154 valence electrons. The smallest absolute Gasteiger partial charge is 0.266 e. The van der Waals surface area contributed by atoms with Crippen LogP contribution in [-0.4, -0.2) is 29.9 Å². The van der Waals surface area contributed by atoms with Crippen LogP contribution in [-0.2, 0) is 6.54 Å². The maximum absolute atomic E-state index is 13.7. The predicted molar refractivity (Wildman–Crippen MR) is 123 cm³/mol. The molecule has 0 bridgehead atoms. The summed E-state index contributed by atoms with van der Waals surface area (Å²) in [7, 11) is 2.00. The van der Waals surface area contributed by atoms with E-state index < -0.39 is 0 Å². The van der Waals surface area contributed by atoms with Crippen molar-refractivity contribution in [2.45, 2.75) is 44.3 Å². The maximum Gasteiger partial charge on any atom is 0.266 e. The molecule has 1 aliphatic carbocycles. The Morgan fingerprint density at radius 1 is 1.20 bits per heavy atom. The molecule has 1 aromatic heterocycles. The summed E-state index contributed by atoms with van der Waals surface area (Å²) < 4.78 is 1.02. The highest BCUT2D eigenvalue weighted by molar-refractivity contribution is 7.21. The van der Waals surface area contributed by atoms with Crippen molar-refractivity contribution in [3.8, 4) is 6.07 Å². The van der Waals surface area contributed by atoms with E-state index >= 15 is 0 Å². The Kier molecular flexibility index (Phi) is 6.38. The Morgan fingerprint density at radius 3 is 2.67 bits per heavy atom. The molecule has 1 saturated carbocycles. The van der Waals surface area contributed by atoms with Gasteiger partial charge in [-0.05, 0) is 56.5 Å². The summed E-state index contributed by atoms with van der Waals surface area (Å²) in [6.45, 7) is 0.480. The summed E-state index contributed by atoms with van der Waals surface area (Å²) >= 11 is 8.10. The average Bonchev–Trinajstić information content (AvgIpc) is 3.14. The lowest BCUT2D eigenvalue weighted by molar-refractivity contribution is 0.0606. The van der Waals surface area contributed by atoms with Crippen molar-refractivity contribution in [2.24, 2.45) is 0 Å². The first-order valence-electron chi connectivity index (χ1n) is 10.2. The molecule has 1 aliphatic rings. The molecule has 0 aliphatic heterocycles. The molecule has 0 saturated heterocycles. The number of hydrogen-bond acceptors (Lipinski definition) is 4. The van der Waals surface area contributed by atoms with Crippen LogP contribution in [0.1, 0.15) is 46.5 Å². The molecule has 1 heterocycles. The zero-order valence-corrected chi connectivity index (χ0v) is 18.5. The molecule has 4 rings (SSSR count). The fourth-order valence-corrected chi connectivity index (χ4v) is 5.73. The van der Waals surface area contributed by atoms with E-state index in [9.17, 15) is 10.1 Å². The highest BCUT2D eigenvalue weighted by Gasteiger charge is 2.31. The van der Waals surface area contributed by atoms with E-state index in [2.05, 4.69) is 11.4 Å². The summed E-state index contributed by atoms with van der Waals surface area (Å²) in [5.41, 5.74) is 1.58. The highest BCUT2D eigenvalue weighted by Crippen LogP contribution is 2.37. The second kappa shape index (κ2) is 9.18. The molecule has 1 N–H and O–H groups in total. The van der Waals surface area contributed by atoms with Crippen molar-refractivity contribution >= 4 is 38.9 Å². The van der Waals surface area contributed by atoms with Crippen LogP contribution in [0.4, 0.5) is 0 Å². The van der Waals surface area contributed by atoms with Gasteiger partial charge in [0.15, 0.2) is 0 Å². The molecule has 30 heavy (non-hydrogen) atoms. The van der Waals surface area contributed by atoms with Gasteiger partial charge in [0.05, 0.1) is 16.7 Å². The standard InChI is InChI=1S/C24H24ClN3OS/c1-27-18-9-11-19(12-10-18)28(15-17-6-4-5-16(13-17)14-26)24(29)23-22(25)20-7-2-3-8-21(20)30-23/h2-8,13,18-19,27H,9-12,15H2,1H3. The number of carbonyl (C=O) groups excluding carboxylic acids is 1. The minimum Gasteiger partial charge on any atom is -0.331 e. The molecule has 1 fully saturated rings. The van der Waals surface area contributed by atoms with Gasteiger partial charge in [0.1, 0.15) is 4.88 Å². The summed E-state index contributed by atoms with van der Waals surface area (Å²) in [5, 5.41) is 14.1. The lowest BCUT2D eigenvalue weighted by Gasteiger charge is -2.37. The number of thiophene rings is 1. The van der Waals surface area contributed by atoms with Crippen molar-refractivity contribution in [3.05, 3.63) is 69.6 Å². The molecule has 0 radical (unpaired) electrons. The Labute approximate surface area is 186 Å². The topological polar surface area (TPSA) is 56.1 Å². The lowest BCUT2D eigenvalue weighted by Crippen LogP contribution is -2.44. The van der Waals surface area contributed by atoms with Crippen LogP contribution >= 0.6 is 22.9 Å². The van der Waals surface area contributed by atoms with E-state index in [0.717, 1.165) is 41.3 Å². The van der Waals surface area contributed by atoms with Gasteiger partial charge in [0, 0.05) is 28.7 Å². The van der Waals surface area contributed by atoms with Gasteiger partial charge in [0.2, 0.25) is 0 Å². The first-order chi connectivity index (χ1) is 14.6. The normalized spacial score (nSPS) is 18.8. The minimum absolute atomic E-state index is 0.0172. The summed E-state index contributed by atoms with van der Waals surface area (Å²) in [6.07, 6.45) is 4.00. The fraction of sp³-hybridized carbons (Fsp3) is 0.333. The fourth-order valence-electron chi connectivity index (χ4n) is 4.26. The van der Waals surface area contributed by atoms with Crippen LogP contribution in [0, 0.1) is 11.3 Å². The second-order valence-corrected chi connectivity index (χ2v) is 9.21. The molecule has 6 heteroatoms. The Morgan fingerprint density at radius 2 is 1.97 bits per heavy atom.